The van der Waals surface area contributed by atoms with Crippen LogP contribution in [-0.4, -0.2) is 45.2 Å². The van der Waals surface area contributed by atoms with Crippen molar-refractivity contribution in [3.05, 3.63) is 29.3 Å². The molecule has 6 nitrogen and oxygen atoms in total. The van der Waals surface area contributed by atoms with Crippen LogP contribution in [0.5, 0.6) is 0 Å². The maximum atomic E-state index is 12.2. The van der Waals surface area contributed by atoms with Gasteiger partial charge in [-0.3, -0.25) is 9.59 Å². The molecule has 1 aromatic rings. The first-order valence-corrected chi connectivity index (χ1v) is 6.85. The predicted octanol–water partition coefficient (Wildman–Crippen LogP) is 0.918. The first kappa shape index (κ1) is 17.0. The van der Waals surface area contributed by atoms with Crippen LogP contribution < -0.4 is 16.0 Å². The van der Waals surface area contributed by atoms with Crippen LogP contribution in [0, 0.1) is 6.92 Å². The lowest BCUT2D eigenvalue weighted by atomic mass is 10.1. The van der Waals surface area contributed by atoms with Crippen LogP contribution >= 0.6 is 0 Å². The average Bonchev–Trinajstić information content (AvgIpc) is 2.46. The lowest BCUT2D eigenvalue weighted by Crippen LogP contribution is -2.45. The number of carbonyl (C=O) groups is 2. The van der Waals surface area contributed by atoms with Crippen molar-refractivity contribution in [3.8, 4) is 0 Å². The second kappa shape index (κ2) is 8.26. The lowest BCUT2D eigenvalue weighted by molar-refractivity contribution is -0.122. The van der Waals surface area contributed by atoms with Gasteiger partial charge in [0.25, 0.3) is 5.91 Å². The first-order chi connectivity index (χ1) is 9.99. The van der Waals surface area contributed by atoms with E-state index in [2.05, 4.69) is 16.0 Å². The number of rotatable bonds is 7. The molecule has 0 heterocycles. The van der Waals surface area contributed by atoms with Crippen LogP contribution in [0.3, 0.4) is 0 Å². The van der Waals surface area contributed by atoms with Gasteiger partial charge in [-0.25, -0.2) is 0 Å². The number of ether oxygens (including phenoxy) is 1. The molecule has 116 valence electrons. The van der Waals surface area contributed by atoms with Crippen LogP contribution in [0.25, 0.3) is 0 Å². The zero-order chi connectivity index (χ0) is 15.8. The molecule has 2 amide bonds. The summed E-state index contributed by atoms with van der Waals surface area (Å²) in [6, 6.07) is 4.85. The van der Waals surface area contributed by atoms with Crippen molar-refractivity contribution in [3.63, 3.8) is 0 Å². The highest BCUT2D eigenvalue weighted by atomic mass is 16.5. The van der Waals surface area contributed by atoms with Crippen LogP contribution in [0.4, 0.5) is 5.69 Å². The highest BCUT2D eigenvalue weighted by molar-refractivity contribution is 5.98. The second-order valence-corrected chi connectivity index (χ2v) is 4.76. The lowest BCUT2D eigenvalue weighted by Gasteiger charge is -2.15. The van der Waals surface area contributed by atoms with Gasteiger partial charge in [0.2, 0.25) is 5.91 Å². The Hall–Kier alpha value is -2.08. The van der Waals surface area contributed by atoms with Gasteiger partial charge in [-0.15, -0.1) is 0 Å². The van der Waals surface area contributed by atoms with E-state index in [9.17, 15) is 9.59 Å². The number of hydrogen-bond acceptors (Lipinski definition) is 4. The molecular weight excluding hydrogens is 270 g/mol. The molecule has 21 heavy (non-hydrogen) atoms. The molecule has 1 unspecified atom stereocenters. The Morgan fingerprint density at radius 1 is 1.33 bits per heavy atom. The number of aryl methyl sites for hydroxylation is 1. The first-order valence-electron chi connectivity index (χ1n) is 6.85. The maximum Gasteiger partial charge on any atom is 0.252 e. The van der Waals surface area contributed by atoms with Crippen molar-refractivity contribution in [1.29, 1.82) is 0 Å². The van der Waals surface area contributed by atoms with E-state index in [-0.39, 0.29) is 11.8 Å². The fourth-order valence-corrected chi connectivity index (χ4v) is 1.84. The summed E-state index contributed by atoms with van der Waals surface area (Å²) in [5.74, 6) is -0.491. The Morgan fingerprint density at radius 2 is 2.05 bits per heavy atom. The van der Waals surface area contributed by atoms with Gasteiger partial charge in [0.15, 0.2) is 0 Å². The van der Waals surface area contributed by atoms with Gasteiger partial charge in [-0.05, 0) is 37.6 Å². The standard InChI is InChI=1S/C15H23N3O3/c1-10-9-12(16-3)5-6-13(10)15(20)18-11(2)14(19)17-7-8-21-4/h5-6,9,11,16H,7-8H2,1-4H3,(H,17,19)(H,18,20). The number of hydrogen-bond donors (Lipinski definition) is 3. The number of carbonyl (C=O) groups excluding carboxylic acids is 2. The van der Waals surface area contributed by atoms with Crippen molar-refractivity contribution in [2.75, 3.05) is 32.6 Å². The van der Waals surface area contributed by atoms with E-state index in [0.29, 0.717) is 18.7 Å². The molecule has 1 atom stereocenters. The van der Waals surface area contributed by atoms with E-state index in [1.807, 2.05) is 26.1 Å². The minimum atomic E-state index is -0.599. The number of benzene rings is 1. The summed E-state index contributed by atoms with van der Waals surface area (Å²) in [5.41, 5.74) is 2.35. The monoisotopic (exact) mass is 293 g/mol. The van der Waals surface area contributed by atoms with Crippen molar-refractivity contribution in [1.82, 2.24) is 10.6 Å². The molecule has 0 saturated heterocycles. The summed E-state index contributed by atoms with van der Waals surface area (Å²) in [5, 5.41) is 8.39. The van der Waals surface area contributed by atoms with Gasteiger partial charge in [0.1, 0.15) is 6.04 Å². The molecule has 1 rings (SSSR count). The van der Waals surface area contributed by atoms with E-state index < -0.39 is 6.04 Å². The fourth-order valence-electron chi connectivity index (χ4n) is 1.84. The van der Waals surface area contributed by atoms with Crippen LogP contribution in [0.1, 0.15) is 22.8 Å². The fraction of sp³-hybridized carbons (Fsp3) is 0.467. The molecule has 0 spiro atoms. The number of anilines is 1. The molecule has 0 aliphatic heterocycles. The molecule has 0 aliphatic rings. The molecule has 0 aromatic heterocycles. The minimum absolute atomic E-state index is 0.232. The summed E-state index contributed by atoms with van der Waals surface area (Å²) in [6.07, 6.45) is 0. The zero-order valence-electron chi connectivity index (χ0n) is 12.9. The van der Waals surface area contributed by atoms with E-state index in [1.54, 1.807) is 20.1 Å². The minimum Gasteiger partial charge on any atom is -0.388 e. The zero-order valence-corrected chi connectivity index (χ0v) is 12.9. The summed E-state index contributed by atoms with van der Waals surface area (Å²) < 4.78 is 4.85. The molecular formula is C15H23N3O3. The van der Waals surface area contributed by atoms with Crippen molar-refractivity contribution >= 4 is 17.5 Å². The van der Waals surface area contributed by atoms with Gasteiger partial charge in [-0.1, -0.05) is 0 Å². The maximum absolute atomic E-state index is 12.2. The van der Waals surface area contributed by atoms with Gasteiger partial charge < -0.3 is 20.7 Å². The van der Waals surface area contributed by atoms with Crippen molar-refractivity contribution < 1.29 is 14.3 Å². The highest BCUT2D eigenvalue weighted by Gasteiger charge is 2.17. The second-order valence-electron chi connectivity index (χ2n) is 4.76. The Morgan fingerprint density at radius 3 is 2.62 bits per heavy atom. The van der Waals surface area contributed by atoms with Crippen molar-refractivity contribution in [2.24, 2.45) is 0 Å². The quantitative estimate of drug-likeness (QED) is 0.653. The summed E-state index contributed by atoms with van der Waals surface area (Å²) >= 11 is 0. The molecule has 0 fully saturated rings. The molecule has 6 heteroatoms. The Balaban J connectivity index is 2.62. The Labute approximate surface area is 125 Å². The molecule has 3 N–H and O–H groups in total. The van der Waals surface area contributed by atoms with E-state index >= 15 is 0 Å². The van der Waals surface area contributed by atoms with Crippen LogP contribution in [0.2, 0.25) is 0 Å². The van der Waals surface area contributed by atoms with E-state index in [1.165, 1.54) is 0 Å². The van der Waals surface area contributed by atoms with Gasteiger partial charge >= 0.3 is 0 Å². The predicted molar refractivity (Wildman–Crippen MR) is 82.5 cm³/mol. The normalized spacial score (nSPS) is 11.6. The smallest absolute Gasteiger partial charge is 0.252 e. The average molecular weight is 293 g/mol. The Kier molecular flexibility index (Phi) is 6.68. The topological polar surface area (TPSA) is 79.5 Å². The molecule has 0 radical (unpaired) electrons. The van der Waals surface area contributed by atoms with E-state index in [4.69, 9.17) is 4.74 Å². The van der Waals surface area contributed by atoms with Crippen LogP contribution in [0.15, 0.2) is 18.2 Å². The van der Waals surface area contributed by atoms with Gasteiger partial charge in [-0.2, -0.15) is 0 Å². The summed E-state index contributed by atoms with van der Waals surface area (Å²) in [4.78, 5) is 24.0. The molecule has 1 aromatic carbocycles. The molecule has 0 aliphatic carbocycles. The number of methoxy groups -OCH3 is 1. The highest BCUT2D eigenvalue weighted by Crippen LogP contribution is 2.14. The largest absolute Gasteiger partial charge is 0.388 e. The van der Waals surface area contributed by atoms with Crippen LogP contribution in [-0.2, 0) is 9.53 Å². The SMILES string of the molecule is CNc1ccc(C(=O)NC(C)C(=O)NCCOC)c(C)c1. The number of amides is 2. The molecule has 0 saturated carbocycles. The van der Waals surface area contributed by atoms with Crippen molar-refractivity contribution in [2.45, 2.75) is 19.9 Å². The van der Waals surface area contributed by atoms with E-state index in [0.717, 1.165) is 11.3 Å². The van der Waals surface area contributed by atoms with Gasteiger partial charge in [0, 0.05) is 32.0 Å². The third-order valence-corrected chi connectivity index (χ3v) is 3.11. The summed E-state index contributed by atoms with van der Waals surface area (Å²) in [6.45, 7) is 4.37. The Bertz CT molecular complexity index is 503. The number of nitrogens with one attached hydrogen (secondary N) is 3. The summed E-state index contributed by atoms with van der Waals surface area (Å²) in [7, 11) is 3.38. The molecule has 0 bridgehead atoms. The third kappa shape index (κ3) is 5.07. The third-order valence-electron chi connectivity index (χ3n) is 3.11. The van der Waals surface area contributed by atoms with Gasteiger partial charge in [0.05, 0.1) is 6.61 Å².